The molecule has 0 aliphatic carbocycles. The molecule has 5 N–H and O–H groups in total. The highest BCUT2D eigenvalue weighted by molar-refractivity contribution is 5.97. The maximum absolute atomic E-state index is 14.0. The number of halogens is 2. The first-order valence-electron chi connectivity index (χ1n) is 13.1. The first kappa shape index (κ1) is 29.6. The van der Waals surface area contributed by atoms with E-state index in [-0.39, 0.29) is 42.8 Å². The summed E-state index contributed by atoms with van der Waals surface area (Å²) in [5, 5.41) is 36.7. The topological polar surface area (TPSA) is 139 Å². The van der Waals surface area contributed by atoms with Crippen molar-refractivity contribution in [2.45, 2.75) is 50.6 Å². The molecule has 4 atom stereocenters. The van der Waals surface area contributed by atoms with Crippen molar-refractivity contribution in [2.75, 3.05) is 6.54 Å². The Morgan fingerprint density at radius 3 is 2.51 bits per heavy atom. The number of carbonyl (C=O) groups excluding carboxylic acids is 3. The van der Waals surface area contributed by atoms with Gasteiger partial charge in [0.2, 0.25) is 5.91 Å². The molecule has 0 radical (unpaired) electrons. The van der Waals surface area contributed by atoms with E-state index in [2.05, 4.69) is 10.6 Å². The Balaban J connectivity index is 1.53. The second kappa shape index (κ2) is 12.9. The number of phenols is 1. The second-order valence-corrected chi connectivity index (χ2v) is 10.0. The minimum Gasteiger partial charge on any atom is -0.508 e. The van der Waals surface area contributed by atoms with Gasteiger partial charge >= 0.3 is 0 Å². The van der Waals surface area contributed by atoms with Gasteiger partial charge in [-0.25, -0.2) is 8.78 Å². The number of rotatable bonds is 9. The van der Waals surface area contributed by atoms with E-state index in [9.17, 15) is 38.5 Å². The van der Waals surface area contributed by atoms with Crippen LogP contribution in [0.15, 0.2) is 66.7 Å². The highest BCUT2D eigenvalue weighted by Gasteiger charge is 2.43. The predicted octanol–water partition coefficient (Wildman–Crippen LogP) is 1.96. The van der Waals surface area contributed by atoms with Crippen LogP contribution in [-0.2, 0) is 22.6 Å². The Bertz CT molecular complexity index is 1420. The molecule has 1 aliphatic heterocycles. The lowest BCUT2D eigenvalue weighted by Crippen LogP contribution is -2.55. The molecule has 0 spiro atoms. The number of aliphatic hydroxyl groups excluding tert-OH is 2. The zero-order valence-electron chi connectivity index (χ0n) is 22.3. The van der Waals surface area contributed by atoms with Gasteiger partial charge in [-0.1, -0.05) is 36.4 Å². The lowest BCUT2D eigenvalue weighted by atomic mass is 9.98. The van der Waals surface area contributed by atoms with Crippen LogP contribution in [-0.4, -0.2) is 68.8 Å². The number of hydrogen-bond donors (Lipinski definition) is 5. The van der Waals surface area contributed by atoms with E-state index in [4.69, 9.17) is 0 Å². The monoisotopic (exact) mass is 567 g/mol. The Morgan fingerprint density at radius 1 is 1.05 bits per heavy atom. The van der Waals surface area contributed by atoms with E-state index in [0.717, 1.165) is 23.1 Å². The Morgan fingerprint density at radius 2 is 1.78 bits per heavy atom. The van der Waals surface area contributed by atoms with Crippen LogP contribution >= 0.6 is 0 Å². The van der Waals surface area contributed by atoms with Crippen molar-refractivity contribution in [1.82, 2.24) is 15.5 Å². The first-order chi connectivity index (χ1) is 19.5. The van der Waals surface area contributed by atoms with Gasteiger partial charge in [-0.15, -0.1) is 0 Å². The molecule has 3 aromatic carbocycles. The molecule has 11 heteroatoms. The van der Waals surface area contributed by atoms with Gasteiger partial charge in [0.05, 0.1) is 12.1 Å². The molecule has 9 nitrogen and oxygen atoms in total. The fourth-order valence-corrected chi connectivity index (χ4v) is 4.85. The number of nitrogens with one attached hydrogen (secondary N) is 2. The average Bonchev–Trinajstić information content (AvgIpc) is 3.35. The smallest absolute Gasteiger partial charge is 0.254 e. The lowest BCUT2D eigenvalue weighted by molar-refractivity contribution is -0.146. The molecule has 1 fully saturated rings. The van der Waals surface area contributed by atoms with E-state index < -0.39 is 53.6 Å². The van der Waals surface area contributed by atoms with Crippen LogP contribution in [0.4, 0.5) is 8.78 Å². The van der Waals surface area contributed by atoms with Gasteiger partial charge in [0.15, 0.2) is 6.10 Å². The van der Waals surface area contributed by atoms with Crippen LogP contribution in [0.1, 0.15) is 33.5 Å². The van der Waals surface area contributed by atoms with Gasteiger partial charge in [0.25, 0.3) is 11.8 Å². The SMILES string of the molecule is Cc1c(O)cccc1C(=O)NC(Cc1ccccc1)[C@H](O)C(=O)N1C[C@H](O)C[C@H]1C(=O)NCc1cc(F)ccc1F. The van der Waals surface area contributed by atoms with E-state index in [0.29, 0.717) is 11.1 Å². The molecule has 1 heterocycles. The van der Waals surface area contributed by atoms with Crippen molar-refractivity contribution in [3.05, 3.63) is 101 Å². The summed E-state index contributed by atoms with van der Waals surface area (Å²) in [6.45, 7) is 0.956. The van der Waals surface area contributed by atoms with Gasteiger partial charge < -0.3 is 30.9 Å². The van der Waals surface area contributed by atoms with Gasteiger partial charge in [0.1, 0.15) is 23.4 Å². The van der Waals surface area contributed by atoms with Gasteiger partial charge in [0, 0.05) is 36.2 Å². The lowest BCUT2D eigenvalue weighted by Gasteiger charge is -2.30. The minimum absolute atomic E-state index is 0.0590. The third kappa shape index (κ3) is 7.05. The molecule has 216 valence electrons. The van der Waals surface area contributed by atoms with Crippen LogP contribution in [0.25, 0.3) is 0 Å². The van der Waals surface area contributed by atoms with Gasteiger partial charge in [-0.3, -0.25) is 14.4 Å². The summed E-state index contributed by atoms with van der Waals surface area (Å²) in [6.07, 6.45) is -2.94. The Kier molecular flexibility index (Phi) is 9.31. The number of carbonyl (C=O) groups is 3. The number of aromatic hydroxyl groups is 1. The molecule has 0 saturated carbocycles. The second-order valence-electron chi connectivity index (χ2n) is 10.0. The molecule has 3 aromatic rings. The van der Waals surface area contributed by atoms with E-state index >= 15 is 0 Å². The standard InChI is InChI=1S/C30H31F2N3O6/c1-17-22(8-5-9-26(17)37)28(39)34-24(12-18-6-3-2-4-7-18)27(38)30(41)35-16-21(36)14-25(35)29(40)33-15-19-13-20(31)10-11-23(19)32/h2-11,13,21,24-25,27,36-38H,12,14-16H2,1H3,(H,33,40)(H,34,39)/t21-,24?,25+,27+/m1/s1. The van der Waals surface area contributed by atoms with Crippen LogP contribution in [0.2, 0.25) is 0 Å². The normalized spacial score (nSPS) is 18.0. The number of benzene rings is 3. The molecule has 1 aliphatic rings. The van der Waals surface area contributed by atoms with Crippen LogP contribution in [0, 0.1) is 18.6 Å². The predicted molar refractivity (Wildman–Crippen MR) is 145 cm³/mol. The number of aliphatic hydroxyl groups is 2. The molecule has 0 bridgehead atoms. The summed E-state index contributed by atoms with van der Waals surface area (Å²) in [6, 6.07) is 13.8. The molecule has 4 rings (SSSR count). The average molecular weight is 568 g/mol. The number of nitrogens with zero attached hydrogens (tertiary/aromatic N) is 1. The summed E-state index contributed by atoms with van der Waals surface area (Å²) < 4.78 is 27.5. The molecule has 0 aromatic heterocycles. The molecule has 1 saturated heterocycles. The number of hydrogen-bond acceptors (Lipinski definition) is 6. The van der Waals surface area contributed by atoms with Crippen LogP contribution in [0.5, 0.6) is 5.75 Å². The van der Waals surface area contributed by atoms with Gasteiger partial charge in [-0.2, -0.15) is 0 Å². The molecule has 41 heavy (non-hydrogen) atoms. The maximum Gasteiger partial charge on any atom is 0.254 e. The largest absolute Gasteiger partial charge is 0.508 e. The maximum atomic E-state index is 14.0. The van der Waals surface area contributed by atoms with E-state index in [1.54, 1.807) is 37.3 Å². The number of β-amino-alcohol motifs (C(OH)–C–C–N with tert-alkyl or cyclic N) is 1. The fraction of sp³-hybridized carbons (Fsp3) is 0.300. The molecular weight excluding hydrogens is 536 g/mol. The van der Waals surface area contributed by atoms with Crippen LogP contribution in [0.3, 0.4) is 0 Å². The minimum atomic E-state index is -1.81. The molecule has 1 unspecified atom stereocenters. The van der Waals surface area contributed by atoms with Crippen LogP contribution < -0.4 is 10.6 Å². The summed E-state index contributed by atoms with van der Waals surface area (Å²) in [5.74, 6) is -3.73. The Hall–Kier alpha value is -4.35. The quantitative estimate of drug-likeness (QED) is 0.268. The summed E-state index contributed by atoms with van der Waals surface area (Å²) in [7, 11) is 0. The first-order valence-corrected chi connectivity index (χ1v) is 13.1. The van der Waals surface area contributed by atoms with Crippen molar-refractivity contribution >= 4 is 17.7 Å². The zero-order valence-corrected chi connectivity index (χ0v) is 22.3. The summed E-state index contributed by atoms with van der Waals surface area (Å²) in [4.78, 5) is 40.7. The highest BCUT2D eigenvalue weighted by atomic mass is 19.1. The highest BCUT2D eigenvalue weighted by Crippen LogP contribution is 2.23. The van der Waals surface area contributed by atoms with E-state index in [1.165, 1.54) is 18.2 Å². The number of amides is 3. The van der Waals surface area contributed by atoms with Gasteiger partial charge in [-0.05, 0) is 49.2 Å². The fourth-order valence-electron chi connectivity index (χ4n) is 4.85. The molecule has 3 amide bonds. The molecular formula is C30H31F2N3O6. The van der Waals surface area contributed by atoms with E-state index in [1.807, 2.05) is 0 Å². The van der Waals surface area contributed by atoms with Crippen molar-refractivity contribution < 1.29 is 38.5 Å². The summed E-state index contributed by atoms with van der Waals surface area (Å²) in [5.41, 5.74) is 1.09. The van der Waals surface area contributed by atoms with Crippen molar-refractivity contribution in [3.63, 3.8) is 0 Å². The Labute approximate surface area is 235 Å². The van der Waals surface area contributed by atoms with Crippen molar-refractivity contribution in [2.24, 2.45) is 0 Å². The third-order valence-corrected chi connectivity index (χ3v) is 7.12. The van der Waals surface area contributed by atoms with Crippen molar-refractivity contribution in [1.29, 1.82) is 0 Å². The van der Waals surface area contributed by atoms with Crippen molar-refractivity contribution in [3.8, 4) is 5.75 Å². The number of likely N-dealkylation sites (tertiary alicyclic amines) is 1. The number of phenolic OH excluding ortho intramolecular Hbond substituents is 1. The summed E-state index contributed by atoms with van der Waals surface area (Å²) >= 11 is 0. The zero-order chi connectivity index (χ0) is 29.7. The third-order valence-electron chi connectivity index (χ3n) is 7.12.